The van der Waals surface area contributed by atoms with E-state index in [-0.39, 0.29) is 0 Å². The van der Waals surface area contributed by atoms with Crippen molar-refractivity contribution in [3.8, 4) is 0 Å². The molecule has 0 aliphatic heterocycles. The van der Waals surface area contributed by atoms with Gasteiger partial charge in [0.15, 0.2) is 5.58 Å². The van der Waals surface area contributed by atoms with Crippen LogP contribution in [0.2, 0.25) is 0 Å². The molecule has 0 unspecified atom stereocenters. The van der Waals surface area contributed by atoms with Gasteiger partial charge in [0, 0.05) is 0 Å². The summed E-state index contributed by atoms with van der Waals surface area (Å²) >= 11 is 0. The molecule has 3 aromatic rings. The summed E-state index contributed by atoms with van der Waals surface area (Å²) in [5, 5.41) is 4.08. The van der Waals surface area contributed by atoms with Gasteiger partial charge in [-0.3, -0.25) is 0 Å². The smallest absolute Gasteiger partial charge is 0.316 e. The Bertz CT molecular complexity index is 641. The third-order valence-electron chi connectivity index (χ3n) is 2.47. The number of fused-ring (bicyclic) bond motifs is 1. The average Bonchev–Trinajstić information content (AvgIpc) is 2.82. The standard InChI is InChI=1S/C14H11N3O/c1-2-6-11(7-3-1)10-15-17-14-16-12-8-4-5-9-13(12)18-14/h1-10H,(H,16,17). The predicted octanol–water partition coefficient (Wildman–Crippen LogP) is 3.27. The second-order valence-electron chi connectivity index (χ2n) is 3.77. The van der Waals surface area contributed by atoms with Crippen molar-refractivity contribution in [2.75, 3.05) is 5.43 Å². The second kappa shape index (κ2) is 4.71. The first kappa shape index (κ1) is 10.5. The normalized spacial score (nSPS) is 11.1. The zero-order chi connectivity index (χ0) is 12.2. The van der Waals surface area contributed by atoms with Gasteiger partial charge >= 0.3 is 6.01 Å². The zero-order valence-electron chi connectivity index (χ0n) is 9.58. The van der Waals surface area contributed by atoms with Crippen molar-refractivity contribution in [1.29, 1.82) is 0 Å². The topological polar surface area (TPSA) is 50.4 Å². The quantitative estimate of drug-likeness (QED) is 0.561. The van der Waals surface area contributed by atoms with Crippen molar-refractivity contribution in [3.63, 3.8) is 0 Å². The first-order chi connectivity index (χ1) is 8.92. The maximum Gasteiger partial charge on any atom is 0.316 e. The van der Waals surface area contributed by atoms with Crippen LogP contribution in [0.5, 0.6) is 0 Å². The Morgan fingerprint density at radius 1 is 1.00 bits per heavy atom. The number of anilines is 1. The highest BCUT2D eigenvalue weighted by Crippen LogP contribution is 2.17. The second-order valence-corrected chi connectivity index (χ2v) is 3.77. The van der Waals surface area contributed by atoms with Crippen LogP contribution < -0.4 is 5.43 Å². The number of oxazole rings is 1. The maximum absolute atomic E-state index is 5.47. The van der Waals surface area contributed by atoms with E-state index in [0.717, 1.165) is 16.7 Å². The fraction of sp³-hybridized carbons (Fsp3) is 0. The summed E-state index contributed by atoms with van der Waals surface area (Å²) in [6.45, 7) is 0. The van der Waals surface area contributed by atoms with E-state index in [1.165, 1.54) is 0 Å². The van der Waals surface area contributed by atoms with Crippen LogP contribution in [-0.2, 0) is 0 Å². The Balaban J connectivity index is 1.75. The molecule has 2 aromatic carbocycles. The molecule has 1 heterocycles. The molecule has 0 spiro atoms. The van der Waals surface area contributed by atoms with Crippen molar-refractivity contribution >= 4 is 23.3 Å². The van der Waals surface area contributed by atoms with Crippen molar-refractivity contribution in [2.24, 2.45) is 5.10 Å². The van der Waals surface area contributed by atoms with Crippen LogP contribution in [0.4, 0.5) is 6.01 Å². The minimum Gasteiger partial charge on any atom is -0.422 e. The molecule has 88 valence electrons. The first-order valence-electron chi connectivity index (χ1n) is 5.61. The van der Waals surface area contributed by atoms with E-state index in [2.05, 4.69) is 15.5 Å². The predicted molar refractivity (Wildman–Crippen MR) is 71.7 cm³/mol. The molecule has 0 atom stereocenters. The number of benzene rings is 2. The van der Waals surface area contributed by atoms with E-state index in [0.29, 0.717) is 6.01 Å². The van der Waals surface area contributed by atoms with Crippen LogP contribution in [0, 0.1) is 0 Å². The van der Waals surface area contributed by atoms with Crippen molar-refractivity contribution in [2.45, 2.75) is 0 Å². The molecule has 3 rings (SSSR count). The van der Waals surface area contributed by atoms with E-state index in [4.69, 9.17) is 4.42 Å². The molecule has 0 bridgehead atoms. The molecule has 0 saturated carbocycles. The van der Waals surface area contributed by atoms with Crippen LogP contribution in [0.15, 0.2) is 64.1 Å². The molecule has 1 N–H and O–H groups in total. The maximum atomic E-state index is 5.47. The molecule has 1 aromatic heterocycles. The number of nitrogens with zero attached hydrogens (tertiary/aromatic N) is 2. The van der Waals surface area contributed by atoms with Crippen LogP contribution in [-0.4, -0.2) is 11.2 Å². The Kier molecular flexibility index (Phi) is 2.75. The number of hydrogen-bond donors (Lipinski definition) is 1. The van der Waals surface area contributed by atoms with Gasteiger partial charge in [0.1, 0.15) is 5.52 Å². The molecule has 18 heavy (non-hydrogen) atoms. The number of aromatic nitrogens is 1. The highest BCUT2D eigenvalue weighted by Gasteiger charge is 2.02. The number of para-hydroxylation sites is 2. The minimum absolute atomic E-state index is 0.392. The first-order valence-corrected chi connectivity index (χ1v) is 5.61. The molecular formula is C14H11N3O. The lowest BCUT2D eigenvalue weighted by Crippen LogP contribution is -1.89. The van der Waals surface area contributed by atoms with Gasteiger partial charge in [-0.05, 0) is 17.7 Å². The molecule has 0 aliphatic carbocycles. The monoisotopic (exact) mass is 237 g/mol. The number of rotatable bonds is 3. The van der Waals surface area contributed by atoms with Gasteiger partial charge in [-0.25, -0.2) is 5.43 Å². The summed E-state index contributed by atoms with van der Waals surface area (Å²) in [6, 6.07) is 17.8. The summed E-state index contributed by atoms with van der Waals surface area (Å²) in [4.78, 5) is 4.25. The van der Waals surface area contributed by atoms with Crippen LogP contribution in [0.25, 0.3) is 11.1 Å². The number of nitrogens with one attached hydrogen (secondary N) is 1. The van der Waals surface area contributed by atoms with Gasteiger partial charge in [0.25, 0.3) is 0 Å². The summed E-state index contributed by atoms with van der Waals surface area (Å²) in [7, 11) is 0. The average molecular weight is 237 g/mol. The molecule has 4 nitrogen and oxygen atoms in total. The molecule has 4 heteroatoms. The van der Waals surface area contributed by atoms with Gasteiger partial charge < -0.3 is 4.42 Å². The van der Waals surface area contributed by atoms with Gasteiger partial charge in [-0.2, -0.15) is 10.1 Å². The van der Waals surface area contributed by atoms with Gasteiger partial charge in [-0.15, -0.1) is 0 Å². The van der Waals surface area contributed by atoms with Crippen LogP contribution in [0.3, 0.4) is 0 Å². The lowest BCUT2D eigenvalue weighted by molar-refractivity contribution is 0.617. The minimum atomic E-state index is 0.392. The summed E-state index contributed by atoms with van der Waals surface area (Å²) in [5.74, 6) is 0. The van der Waals surface area contributed by atoms with Gasteiger partial charge in [0.2, 0.25) is 0 Å². The third-order valence-corrected chi connectivity index (χ3v) is 2.47. The summed E-state index contributed by atoms with van der Waals surface area (Å²) in [5.41, 5.74) is 5.35. The Morgan fingerprint density at radius 2 is 1.78 bits per heavy atom. The van der Waals surface area contributed by atoms with E-state index in [1.54, 1.807) is 6.21 Å². The fourth-order valence-electron chi connectivity index (χ4n) is 1.62. The van der Waals surface area contributed by atoms with E-state index in [9.17, 15) is 0 Å². The van der Waals surface area contributed by atoms with Gasteiger partial charge in [0.05, 0.1) is 6.21 Å². The van der Waals surface area contributed by atoms with Gasteiger partial charge in [-0.1, -0.05) is 42.5 Å². The molecule has 0 saturated heterocycles. The lowest BCUT2D eigenvalue weighted by atomic mass is 10.2. The third kappa shape index (κ3) is 2.22. The van der Waals surface area contributed by atoms with Crippen molar-refractivity contribution in [3.05, 3.63) is 60.2 Å². The molecule has 0 fully saturated rings. The van der Waals surface area contributed by atoms with Crippen molar-refractivity contribution < 1.29 is 4.42 Å². The Morgan fingerprint density at radius 3 is 2.61 bits per heavy atom. The van der Waals surface area contributed by atoms with Crippen LogP contribution >= 0.6 is 0 Å². The van der Waals surface area contributed by atoms with Crippen LogP contribution in [0.1, 0.15) is 5.56 Å². The fourth-order valence-corrected chi connectivity index (χ4v) is 1.62. The molecule has 0 aliphatic rings. The summed E-state index contributed by atoms with van der Waals surface area (Å²) < 4.78 is 5.47. The van der Waals surface area contributed by atoms with E-state index < -0.39 is 0 Å². The van der Waals surface area contributed by atoms with Crippen molar-refractivity contribution in [1.82, 2.24) is 4.98 Å². The molecule has 0 radical (unpaired) electrons. The van der Waals surface area contributed by atoms with E-state index in [1.807, 2.05) is 54.6 Å². The highest BCUT2D eigenvalue weighted by molar-refractivity contribution is 5.80. The van der Waals surface area contributed by atoms with E-state index >= 15 is 0 Å². The number of hydrazone groups is 1. The molecular weight excluding hydrogens is 226 g/mol. The lowest BCUT2D eigenvalue weighted by Gasteiger charge is -1.92. The Hall–Kier alpha value is -2.62. The number of hydrogen-bond acceptors (Lipinski definition) is 4. The summed E-state index contributed by atoms with van der Waals surface area (Å²) in [6.07, 6.45) is 1.72. The zero-order valence-corrected chi connectivity index (χ0v) is 9.58. The largest absolute Gasteiger partial charge is 0.422 e. The molecule has 0 amide bonds. The Labute approximate surface area is 104 Å². The SMILES string of the molecule is C(=NNc1nc2ccccc2o1)c1ccccc1. The highest BCUT2D eigenvalue weighted by atomic mass is 16.4.